The zero-order valence-electron chi connectivity index (χ0n) is 11.3. The van der Waals surface area contributed by atoms with Gasteiger partial charge < -0.3 is 14.5 Å². The summed E-state index contributed by atoms with van der Waals surface area (Å²) in [5, 5.41) is 0. The SMILES string of the molecule is COc1ccccc1C(=O)N1CCN(C(C)=O)CC1. The molecule has 0 N–H and O–H groups in total. The second-order valence-electron chi connectivity index (χ2n) is 4.50. The smallest absolute Gasteiger partial charge is 0.257 e. The maximum atomic E-state index is 12.4. The van der Waals surface area contributed by atoms with E-state index in [-0.39, 0.29) is 11.8 Å². The predicted octanol–water partition coefficient (Wildman–Crippen LogP) is 1.000. The lowest BCUT2D eigenvalue weighted by atomic mass is 10.1. The van der Waals surface area contributed by atoms with Gasteiger partial charge in [0.25, 0.3) is 5.91 Å². The number of hydrogen-bond donors (Lipinski definition) is 0. The molecule has 5 heteroatoms. The van der Waals surface area contributed by atoms with Gasteiger partial charge >= 0.3 is 0 Å². The van der Waals surface area contributed by atoms with Crippen LogP contribution in [0.4, 0.5) is 0 Å². The highest BCUT2D eigenvalue weighted by Gasteiger charge is 2.24. The first-order valence-electron chi connectivity index (χ1n) is 6.31. The van der Waals surface area contributed by atoms with Crippen LogP contribution in [0.5, 0.6) is 5.75 Å². The van der Waals surface area contributed by atoms with Gasteiger partial charge in [-0.1, -0.05) is 12.1 Å². The normalized spacial score (nSPS) is 15.3. The minimum atomic E-state index is -0.0411. The lowest BCUT2D eigenvalue weighted by Gasteiger charge is -2.34. The Balaban J connectivity index is 2.07. The van der Waals surface area contributed by atoms with Crippen LogP contribution in [0.1, 0.15) is 17.3 Å². The Hall–Kier alpha value is -2.04. The first-order valence-corrected chi connectivity index (χ1v) is 6.31. The molecule has 19 heavy (non-hydrogen) atoms. The number of para-hydroxylation sites is 1. The topological polar surface area (TPSA) is 49.9 Å². The van der Waals surface area contributed by atoms with Crippen LogP contribution >= 0.6 is 0 Å². The summed E-state index contributed by atoms with van der Waals surface area (Å²) in [6, 6.07) is 7.20. The van der Waals surface area contributed by atoms with Crippen molar-refractivity contribution in [1.29, 1.82) is 0 Å². The monoisotopic (exact) mass is 262 g/mol. The Labute approximate surface area is 112 Å². The molecular weight excluding hydrogens is 244 g/mol. The van der Waals surface area contributed by atoms with Gasteiger partial charge in [-0.15, -0.1) is 0 Å². The van der Waals surface area contributed by atoms with E-state index in [4.69, 9.17) is 4.74 Å². The average Bonchev–Trinajstić information content (AvgIpc) is 2.46. The van der Waals surface area contributed by atoms with Crippen LogP contribution in [-0.4, -0.2) is 54.9 Å². The summed E-state index contributed by atoms with van der Waals surface area (Å²) in [5.74, 6) is 0.603. The van der Waals surface area contributed by atoms with E-state index in [0.717, 1.165) is 0 Å². The van der Waals surface area contributed by atoms with Crippen molar-refractivity contribution >= 4 is 11.8 Å². The largest absolute Gasteiger partial charge is 0.496 e. The minimum Gasteiger partial charge on any atom is -0.496 e. The number of carbonyl (C=O) groups is 2. The fourth-order valence-electron chi connectivity index (χ4n) is 2.22. The van der Waals surface area contributed by atoms with Crippen LogP contribution in [0.3, 0.4) is 0 Å². The van der Waals surface area contributed by atoms with E-state index in [2.05, 4.69) is 0 Å². The van der Waals surface area contributed by atoms with E-state index in [1.165, 1.54) is 0 Å². The van der Waals surface area contributed by atoms with Gasteiger partial charge in [0, 0.05) is 33.1 Å². The third-order valence-corrected chi connectivity index (χ3v) is 3.35. The van der Waals surface area contributed by atoms with Gasteiger partial charge in [-0.3, -0.25) is 9.59 Å². The van der Waals surface area contributed by atoms with Gasteiger partial charge in [0.1, 0.15) is 5.75 Å². The molecule has 1 aliphatic heterocycles. The predicted molar refractivity (Wildman–Crippen MR) is 71.2 cm³/mol. The number of nitrogens with zero attached hydrogens (tertiary/aromatic N) is 2. The van der Waals surface area contributed by atoms with Gasteiger partial charge in [0.15, 0.2) is 0 Å². The van der Waals surface area contributed by atoms with Gasteiger partial charge in [-0.05, 0) is 12.1 Å². The number of methoxy groups -OCH3 is 1. The summed E-state index contributed by atoms with van der Waals surface area (Å²) in [5.41, 5.74) is 0.571. The number of carbonyl (C=O) groups excluding carboxylic acids is 2. The molecule has 5 nitrogen and oxygen atoms in total. The molecule has 2 rings (SSSR count). The number of hydrogen-bond acceptors (Lipinski definition) is 3. The number of benzene rings is 1. The molecule has 1 aromatic carbocycles. The van der Waals surface area contributed by atoms with Crippen molar-refractivity contribution in [1.82, 2.24) is 9.80 Å². The van der Waals surface area contributed by atoms with Crippen molar-refractivity contribution in [2.24, 2.45) is 0 Å². The third-order valence-electron chi connectivity index (χ3n) is 3.35. The summed E-state index contributed by atoms with van der Waals surface area (Å²) in [7, 11) is 1.56. The summed E-state index contributed by atoms with van der Waals surface area (Å²) in [6.45, 7) is 3.87. The molecule has 0 bridgehead atoms. The first kappa shape index (κ1) is 13.4. The molecule has 1 heterocycles. The van der Waals surface area contributed by atoms with Crippen molar-refractivity contribution in [3.63, 3.8) is 0 Å². The molecule has 1 aliphatic rings. The molecule has 0 saturated carbocycles. The van der Waals surface area contributed by atoms with Crippen molar-refractivity contribution in [2.45, 2.75) is 6.92 Å². The zero-order chi connectivity index (χ0) is 13.8. The van der Waals surface area contributed by atoms with Gasteiger partial charge in [-0.25, -0.2) is 0 Å². The summed E-state index contributed by atoms with van der Waals surface area (Å²) >= 11 is 0. The fraction of sp³-hybridized carbons (Fsp3) is 0.429. The Kier molecular flexibility index (Phi) is 4.04. The molecule has 1 saturated heterocycles. The van der Waals surface area contributed by atoms with E-state index in [1.54, 1.807) is 36.0 Å². The van der Waals surface area contributed by atoms with Crippen molar-refractivity contribution in [3.8, 4) is 5.75 Å². The standard InChI is InChI=1S/C14H18N2O3/c1-11(17)15-7-9-16(10-8-15)14(18)12-5-3-4-6-13(12)19-2/h3-6H,7-10H2,1-2H3. The molecule has 102 valence electrons. The third kappa shape index (κ3) is 2.86. The van der Waals surface area contributed by atoms with Crippen LogP contribution in [0, 0.1) is 0 Å². The lowest BCUT2D eigenvalue weighted by molar-refractivity contribution is -0.130. The Morgan fingerprint density at radius 1 is 1.05 bits per heavy atom. The summed E-state index contributed by atoms with van der Waals surface area (Å²) in [6.07, 6.45) is 0. The van der Waals surface area contributed by atoms with Crippen LogP contribution in [-0.2, 0) is 4.79 Å². The van der Waals surface area contributed by atoms with E-state index < -0.39 is 0 Å². The van der Waals surface area contributed by atoms with Crippen LogP contribution in [0.2, 0.25) is 0 Å². The summed E-state index contributed by atoms with van der Waals surface area (Å²) in [4.78, 5) is 27.2. The maximum absolute atomic E-state index is 12.4. The molecule has 0 atom stereocenters. The second-order valence-corrected chi connectivity index (χ2v) is 4.50. The number of rotatable bonds is 2. The Morgan fingerprint density at radius 3 is 2.21 bits per heavy atom. The molecule has 0 spiro atoms. The van der Waals surface area contributed by atoms with E-state index >= 15 is 0 Å². The lowest BCUT2D eigenvalue weighted by Crippen LogP contribution is -2.50. The first-order chi connectivity index (χ1) is 9.13. The second kappa shape index (κ2) is 5.73. The molecule has 2 amide bonds. The molecular formula is C14H18N2O3. The molecule has 1 fully saturated rings. The zero-order valence-corrected chi connectivity index (χ0v) is 11.3. The van der Waals surface area contributed by atoms with Crippen molar-refractivity contribution < 1.29 is 14.3 Å². The fourth-order valence-corrected chi connectivity index (χ4v) is 2.22. The van der Waals surface area contributed by atoms with Gasteiger partial charge in [0.2, 0.25) is 5.91 Å². The van der Waals surface area contributed by atoms with E-state index in [1.807, 2.05) is 12.1 Å². The van der Waals surface area contributed by atoms with Crippen LogP contribution < -0.4 is 4.74 Å². The summed E-state index contributed by atoms with van der Waals surface area (Å²) < 4.78 is 5.20. The maximum Gasteiger partial charge on any atom is 0.257 e. The number of piperazine rings is 1. The Morgan fingerprint density at radius 2 is 1.63 bits per heavy atom. The Bertz CT molecular complexity index is 479. The minimum absolute atomic E-state index is 0.0411. The highest BCUT2D eigenvalue weighted by Crippen LogP contribution is 2.20. The number of ether oxygens (including phenoxy) is 1. The van der Waals surface area contributed by atoms with Crippen molar-refractivity contribution in [3.05, 3.63) is 29.8 Å². The van der Waals surface area contributed by atoms with E-state index in [9.17, 15) is 9.59 Å². The highest BCUT2D eigenvalue weighted by atomic mass is 16.5. The molecule has 0 unspecified atom stereocenters. The van der Waals surface area contributed by atoms with E-state index in [0.29, 0.717) is 37.5 Å². The molecule has 0 aliphatic carbocycles. The van der Waals surface area contributed by atoms with Gasteiger partial charge in [-0.2, -0.15) is 0 Å². The highest BCUT2D eigenvalue weighted by molar-refractivity contribution is 5.97. The van der Waals surface area contributed by atoms with Gasteiger partial charge in [0.05, 0.1) is 12.7 Å². The molecule has 1 aromatic rings. The number of amides is 2. The average molecular weight is 262 g/mol. The van der Waals surface area contributed by atoms with Crippen LogP contribution in [0.15, 0.2) is 24.3 Å². The quantitative estimate of drug-likeness (QED) is 0.799. The molecule has 0 aromatic heterocycles. The van der Waals surface area contributed by atoms with Crippen molar-refractivity contribution in [2.75, 3.05) is 33.3 Å². The van der Waals surface area contributed by atoms with Crippen LogP contribution in [0.25, 0.3) is 0 Å². The molecule has 0 radical (unpaired) electrons.